The molecule has 0 saturated heterocycles. The molecule has 2 aromatic rings. The van der Waals surface area contributed by atoms with Gasteiger partial charge in [0, 0.05) is 0 Å². The molecule has 0 saturated carbocycles. The van der Waals surface area contributed by atoms with Crippen molar-refractivity contribution in [2.45, 2.75) is 24.8 Å². The van der Waals surface area contributed by atoms with Crippen molar-refractivity contribution in [2.75, 3.05) is 0 Å². The second-order valence-corrected chi connectivity index (χ2v) is 4.32. The van der Waals surface area contributed by atoms with Crippen LogP contribution in [0.25, 0.3) is 10.8 Å². The summed E-state index contributed by atoms with van der Waals surface area (Å²) in [5, 5.41) is 20.3. The lowest BCUT2D eigenvalue weighted by Gasteiger charge is -2.20. The molecule has 0 radical (unpaired) electrons. The molecule has 0 aliphatic carbocycles. The van der Waals surface area contributed by atoms with Crippen molar-refractivity contribution in [3.8, 4) is 0 Å². The summed E-state index contributed by atoms with van der Waals surface area (Å²) in [6.45, 7) is 0. The number of hydrogen-bond donors (Lipinski definition) is 2. The lowest BCUT2D eigenvalue weighted by Crippen LogP contribution is -2.34. The molecule has 102 valence electrons. The third kappa shape index (κ3) is 2.88. The number of aliphatic hydroxyl groups is 2. The molecule has 2 N–H and O–H groups in total. The third-order valence-electron chi connectivity index (χ3n) is 3.00. The Hall–Kier alpha value is -1.59. The van der Waals surface area contributed by atoms with Crippen LogP contribution in [0.15, 0.2) is 42.5 Å². The van der Waals surface area contributed by atoms with Crippen LogP contribution in [-0.2, 0) is 0 Å². The molecular formula is C14H13F3O2. The number of benzene rings is 2. The first kappa shape index (κ1) is 13.8. The number of rotatable bonds is 4. The minimum absolute atomic E-state index is 0.158. The van der Waals surface area contributed by atoms with Gasteiger partial charge >= 0.3 is 0 Å². The van der Waals surface area contributed by atoms with E-state index in [1.807, 2.05) is 12.1 Å². The predicted molar refractivity (Wildman–Crippen MR) is 65.8 cm³/mol. The van der Waals surface area contributed by atoms with E-state index < -0.39 is 24.8 Å². The molecule has 2 rings (SSSR count). The summed E-state index contributed by atoms with van der Waals surface area (Å²) in [6, 6.07) is 11.9. The highest BCUT2D eigenvalue weighted by molar-refractivity contribution is 5.83. The van der Waals surface area contributed by atoms with Gasteiger partial charge in [0.1, 0.15) is 12.2 Å². The van der Waals surface area contributed by atoms with Gasteiger partial charge in [-0.1, -0.05) is 36.4 Å². The highest BCUT2D eigenvalue weighted by atomic mass is 19.3. The number of hydrogen-bond acceptors (Lipinski definition) is 2. The van der Waals surface area contributed by atoms with Gasteiger partial charge in [0.25, 0.3) is 6.43 Å². The first-order valence-corrected chi connectivity index (χ1v) is 5.78. The monoisotopic (exact) mass is 270 g/mol. The molecule has 0 heterocycles. The molecule has 0 amide bonds. The largest absolute Gasteiger partial charge is 0.385 e. The molecule has 3 unspecified atom stereocenters. The third-order valence-corrected chi connectivity index (χ3v) is 3.00. The van der Waals surface area contributed by atoms with Gasteiger partial charge in [0.15, 0.2) is 6.17 Å². The van der Waals surface area contributed by atoms with Crippen LogP contribution in [0.3, 0.4) is 0 Å². The smallest absolute Gasteiger partial charge is 0.267 e. The van der Waals surface area contributed by atoms with Gasteiger partial charge in [-0.05, 0) is 22.4 Å². The normalized spacial score (nSPS) is 16.5. The molecule has 0 aliphatic rings. The maximum absolute atomic E-state index is 13.5. The summed E-state index contributed by atoms with van der Waals surface area (Å²) in [4.78, 5) is 0. The summed E-state index contributed by atoms with van der Waals surface area (Å²) < 4.78 is 38.0. The van der Waals surface area contributed by atoms with E-state index in [2.05, 4.69) is 0 Å². The van der Waals surface area contributed by atoms with Gasteiger partial charge < -0.3 is 10.2 Å². The molecular weight excluding hydrogens is 257 g/mol. The van der Waals surface area contributed by atoms with Crippen LogP contribution in [0.5, 0.6) is 0 Å². The molecule has 0 bridgehead atoms. The van der Waals surface area contributed by atoms with Crippen molar-refractivity contribution < 1.29 is 23.4 Å². The summed E-state index contributed by atoms with van der Waals surface area (Å²) in [7, 11) is 0. The number of aliphatic hydroxyl groups excluding tert-OH is 2. The van der Waals surface area contributed by atoms with Crippen molar-refractivity contribution >= 4 is 10.8 Å². The molecule has 3 atom stereocenters. The van der Waals surface area contributed by atoms with Crippen LogP contribution >= 0.6 is 0 Å². The van der Waals surface area contributed by atoms with Crippen LogP contribution < -0.4 is 0 Å². The fourth-order valence-electron chi connectivity index (χ4n) is 1.90. The first-order chi connectivity index (χ1) is 9.00. The minimum Gasteiger partial charge on any atom is -0.385 e. The molecule has 2 nitrogen and oxygen atoms in total. The van der Waals surface area contributed by atoms with E-state index in [4.69, 9.17) is 5.11 Å². The van der Waals surface area contributed by atoms with E-state index in [1.165, 1.54) is 12.1 Å². The highest BCUT2D eigenvalue weighted by Gasteiger charge is 2.34. The molecule has 19 heavy (non-hydrogen) atoms. The Labute approximate surface area is 108 Å². The molecule has 0 spiro atoms. The maximum Gasteiger partial charge on any atom is 0.267 e. The molecule has 5 heteroatoms. The Kier molecular flexibility index (Phi) is 4.07. The van der Waals surface area contributed by atoms with Crippen molar-refractivity contribution in [3.05, 3.63) is 48.0 Å². The lowest BCUT2D eigenvalue weighted by atomic mass is 9.98. The van der Waals surface area contributed by atoms with Crippen LogP contribution in [0.4, 0.5) is 13.2 Å². The summed E-state index contributed by atoms with van der Waals surface area (Å²) >= 11 is 0. The number of halogens is 3. The highest BCUT2D eigenvalue weighted by Crippen LogP contribution is 2.27. The van der Waals surface area contributed by atoms with Crippen molar-refractivity contribution in [1.29, 1.82) is 0 Å². The van der Waals surface area contributed by atoms with E-state index in [-0.39, 0.29) is 5.56 Å². The van der Waals surface area contributed by atoms with E-state index in [1.54, 1.807) is 18.2 Å². The van der Waals surface area contributed by atoms with Gasteiger partial charge in [0.2, 0.25) is 0 Å². The van der Waals surface area contributed by atoms with E-state index in [9.17, 15) is 18.3 Å². The topological polar surface area (TPSA) is 40.5 Å². The van der Waals surface area contributed by atoms with Crippen molar-refractivity contribution in [1.82, 2.24) is 0 Å². The van der Waals surface area contributed by atoms with Gasteiger partial charge in [-0.2, -0.15) is 0 Å². The second kappa shape index (κ2) is 5.59. The van der Waals surface area contributed by atoms with Crippen LogP contribution in [0.1, 0.15) is 11.7 Å². The molecule has 0 fully saturated rings. The Morgan fingerprint density at radius 2 is 1.47 bits per heavy atom. The molecule has 2 aromatic carbocycles. The Morgan fingerprint density at radius 1 is 0.842 bits per heavy atom. The summed E-state index contributed by atoms with van der Waals surface area (Å²) in [5.74, 6) is 0. The average molecular weight is 270 g/mol. The van der Waals surface area contributed by atoms with Gasteiger partial charge in [-0.25, -0.2) is 13.2 Å². The van der Waals surface area contributed by atoms with Gasteiger partial charge in [-0.3, -0.25) is 0 Å². The zero-order chi connectivity index (χ0) is 14.0. The molecule has 0 aliphatic heterocycles. The standard InChI is InChI=1S/C14H13F3O2/c15-11(13(19)14(16)17)12(18)10-6-5-8-3-1-2-4-9(8)7-10/h1-7,11-14,18-19H. The van der Waals surface area contributed by atoms with Crippen molar-refractivity contribution in [2.24, 2.45) is 0 Å². The Morgan fingerprint density at radius 3 is 2.11 bits per heavy atom. The van der Waals surface area contributed by atoms with E-state index >= 15 is 0 Å². The number of fused-ring (bicyclic) bond motifs is 1. The van der Waals surface area contributed by atoms with Crippen LogP contribution in [0, 0.1) is 0 Å². The second-order valence-electron chi connectivity index (χ2n) is 4.32. The van der Waals surface area contributed by atoms with E-state index in [0.717, 1.165) is 10.8 Å². The molecule has 0 aromatic heterocycles. The number of alkyl halides is 3. The zero-order valence-electron chi connectivity index (χ0n) is 9.88. The fraction of sp³-hybridized carbons (Fsp3) is 0.286. The minimum atomic E-state index is -3.23. The predicted octanol–water partition coefficient (Wildman–Crippen LogP) is 2.84. The van der Waals surface area contributed by atoms with Crippen molar-refractivity contribution in [3.63, 3.8) is 0 Å². The van der Waals surface area contributed by atoms with Gasteiger partial charge in [0.05, 0.1) is 0 Å². The maximum atomic E-state index is 13.5. The zero-order valence-corrected chi connectivity index (χ0v) is 9.88. The lowest BCUT2D eigenvalue weighted by molar-refractivity contribution is -0.0857. The average Bonchev–Trinajstić information content (AvgIpc) is 2.44. The first-order valence-electron chi connectivity index (χ1n) is 5.78. The Bertz CT molecular complexity index is 559. The quantitative estimate of drug-likeness (QED) is 0.897. The van der Waals surface area contributed by atoms with Crippen LogP contribution in [0.2, 0.25) is 0 Å². The Balaban J connectivity index is 2.28. The fourth-order valence-corrected chi connectivity index (χ4v) is 1.90. The summed E-state index contributed by atoms with van der Waals surface area (Å²) in [5.41, 5.74) is 0.158. The van der Waals surface area contributed by atoms with E-state index in [0.29, 0.717) is 0 Å². The van der Waals surface area contributed by atoms with Crippen LogP contribution in [-0.4, -0.2) is 28.9 Å². The van der Waals surface area contributed by atoms with Gasteiger partial charge in [-0.15, -0.1) is 0 Å². The SMILES string of the molecule is OC(c1ccc2ccccc2c1)C(F)C(O)C(F)F. The summed E-state index contributed by atoms with van der Waals surface area (Å²) in [6.07, 6.45) is -9.94.